The van der Waals surface area contributed by atoms with Gasteiger partial charge >= 0.3 is 0 Å². The van der Waals surface area contributed by atoms with E-state index in [0.717, 1.165) is 0 Å². The van der Waals surface area contributed by atoms with E-state index in [1.165, 1.54) is 11.3 Å². The molecule has 3 N–H and O–H groups in total. The van der Waals surface area contributed by atoms with Gasteiger partial charge in [-0.05, 0) is 12.1 Å². The van der Waals surface area contributed by atoms with Crippen molar-refractivity contribution >= 4 is 34.5 Å². The van der Waals surface area contributed by atoms with Crippen LogP contribution in [-0.4, -0.2) is 10.9 Å². The number of carbonyl (C=O) groups is 1. The number of rotatable bonds is 4. The van der Waals surface area contributed by atoms with Crippen molar-refractivity contribution < 1.29 is 4.79 Å². The summed E-state index contributed by atoms with van der Waals surface area (Å²) in [7, 11) is 0. The van der Waals surface area contributed by atoms with E-state index < -0.39 is 11.9 Å². The van der Waals surface area contributed by atoms with Crippen LogP contribution in [0.1, 0.15) is 11.7 Å². The molecule has 4 nitrogen and oxygen atoms in total. The first-order chi connectivity index (χ1) is 8.18. The van der Waals surface area contributed by atoms with Crippen molar-refractivity contribution in [1.29, 1.82) is 0 Å². The molecule has 0 saturated heterocycles. The van der Waals surface area contributed by atoms with Gasteiger partial charge < -0.3 is 11.1 Å². The van der Waals surface area contributed by atoms with Crippen LogP contribution in [0.25, 0.3) is 0 Å². The Morgan fingerprint density at radius 1 is 1.47 bits per heavy atom. The zero-order valence-corrected chi connectivity index (χ0v) is 10.3. The number of anilines is 1. The van der Waals surface area contributed by atoms with E-state index in [9.17, 15) is 4.79 Å². The molecule has 6 heteroatoms. The first-order valence-corrected chi connectivity index (χ1v) is 6.19. The molecule has 0 aliphatic heterocycles. The Hall–Kier alpha value is -1.59. The molecule has 2 rings (SSSR count). The topological polar surface area (TPSA) is 68.0 Å². The van der Waals surface area contributed by atoms with Gasteiger partial charge in [0.2, 0.25) is 5.91 Å². The van der Waals surface area contributed by atoms with E-state index in [1.54, 1.807) is 23.0 Å². The van der Waals surface area contributed by atoms with Crippen LogP contribution in [0.3, 0.4) is 0 Å². The number of halogens is 1. The van der Waals surface area contributed by atoms with Gasteiger partial charge in [-0.1, -0.05) is 23.7 Å². The van der Waals surface area contributed by atoms with Crippen LogP contribution in [0.5, 0.6) is 0 Å². The summed E-state index contributed by atoms with van der Waals surface area (Å²) in [5, 5.41) is 5.30. The minimum atomic E-state index is -0.666. The largest absolute Gasteiger partial charge is 0.368 e. The molecule has 0 spiro atoms. The molecule has 2 aromatic rings. The molecule has 88 valence electrons. The second-order valence-corrected chi connectivity index (χ2v) is 4.50. The van der Waals surface area contributed by atoms with Crippen LogP contribution >= 0.6 is 22.9 Å². The number of amides is 1. The molecule has 0 aliphatic rings. The first-order valence-electron chi connectivity index (χ1n) is 4.87. The van der Waals surface area contributed by atoms with Crippen LogP contribution in [0.4, 0.5) is 5.69 Å². The molecule has 0 fully saturated rings. The van der Waals surface area contributed by atoms with Crippen molar-refractivity contribution in [3.05, 3.63) is 45.9 Å². The number of thiazole rings is 1. The number of para-hydroxylation sites is 1. The fourth-order valence-electron chi connectivity index (χ4n) is 1.39. The molecule has 1 unspecified atom stereocenters. The summed E-state index contributed by atoms with van der Waals surface area (Å²) in [6, 6.07) is 6.50. The first kappa shape index (κ1) is 11.9. The van der Waals surface area contributed by atoms with Crippen molar-refractivity contribution in [2.24, 2.45) is 5.73 Å². The van der Waals surface area contributed by atoms with Crippen molar-refractivity contribution in [2.45, 2.75) is 6.04 Å². The summed E-state index contributed by atoms with van der Waals surface area (Å²) in [5.41, 5.74) is 8.26. The third kappa shape index (κ3) is 2.75. The number of hydrogen-bond acceptors (Lipinski definition) is 4. The van der Waals surface area contributed by atoms with Gasteiger partial charge in [-0.3, -0.25) is 4.79 Å². The van der Waals surface area contributed by atoms with Gasteiger partial charge in [0.25, 0.3) is 0 Å². The van der Waals surface area contributed by atoms with E-state index in [-0.39, 0.29) is 0 Å². The number of nitrogens with one attached hydrogen (secondary N) is 1. The second-order valence-electron chi connectivity index (χ2n) is 3.37. The molecule has 1 heterocycles. The normalized spacial score (nSPS) is 12.1. The van der Waals surface area contributed by atoms with Crippen molar-refractivity contribution in [1.82, 2.24) is 4.98 Å². The molecule has 1 aromatic heterocycles. The Balaban J connectivity index is 2.26. The van der Waals surface area contributed by atoms with Gasteiger partial charge in [0.15, 0.2) is 0 Å². The van der Waals surface area contributed by atoms with Crippen molar-refractivity contribution in [3.63, 3.8) is 0 Å². The molecule has 0 aliphatic carbocycles. The third-order valence-electron chi connectivity index (χ3n) is 2.21. The standard InChI is InChI=1S/C11H10ClN3OS/c12-7-3-1-2-4-8(7)15-10(11(13)16)9-5-17-6-14-9/h1-6,10,15H,(H2,13,16). The maximum atomic E-state index is 11.4. The van der Waals surface area contributed by atoms with Crippen LogP contribution in [0.15, 0.2) is 35.2 Å². The lowest BCUT2D eigenvalue weighted by Crippen LogP contribution is -2.28. The summed E-state index contributed by atoms with van der Waals surface area (Å²) in [6.45, 7) is 0. The molecule has 0 saturated carbocycles. The number of benzene rings is 1. The minimum absolute atomic E-state index is 0.490. The summed E-state index contributed by atoms with van der Waals surface area (Å²) in [5.74, 6) is -0.490. The average molecular weight is 268 g/mol. The van der Waals surface area contributed by atoms with E-state index in [2.05, 4.69) is 10.3 Å². The highest BCUT2D eigenvalue weighted by molar-refractivity contribution is 7.07. The summed E-state index contributed by atoms with van der Waals surface area (Å²) in [4.78, 5) is 15.5. The van der Waals surface area contributed by atoms with Gasteiger partial charge in [-0.15, -0.1) is 11.3 Å². The molecule has 1 atom stereocenters. The number of nitrogens with two attached hydrogens (primary N) is 1. The maximum absolute atomic E-state index is 11.4. The van der Waals surface area contributed by atoms with Crippen molar-refractivity contribution in [3.8, 4) is 0 Å². The molecule has 17 heavy (non-hydrogen) atoms. The van der Waals surface area contributed by atoms with Gasteiger partial charge in [0.05, 0.1) is 21.9 Å². The van der Waals surface area contributed by atoms with Gasteiger partial charge in [0.1, 0.15) is 6.04 Å². The predicted octanol–water partition coefficient (Wildman–Crippen LogP) is 2.43. The van der Waals surface area contributed by atoms with Crippen LogP contribution in [-0.2, 0) is 4.79 Å². The van der Waals surface area contributed by atoms with E-state index in [1.807, 2.05) is 12.1 Å². The lowest BCUT2D eigenvalue weighted by atomic mass is 10.2. The molecular weight excluding hydrogens is 258 g/mol. The summed E-state index contributed by atoms with van der Waals surface area (Å²) >= 11 is 7.41. The molecule has 1 amide bonds. The van der Waals surface area contributed by atoms with Crippen LogP contribution in [0, 0.1) is 0 Å². The smallest absolute Gasteiger partial charge is 0.246 e. The van der Waals surface area contributed by atoms with Crippen LogP contribution in [0.2, 0.25) is 5.02 Å². The lowest BCUT2D eigenvalue weighted by Gasteiger charge is -2.15. The zero-order valence-electron chi connectivity index (χ0n) is 8.76. The quantitative estimate of drug-likeness (QED) is 0.894. The number of hydrogen-bond donors (Lipinski definition) is 2. The molecule has 0 bridgehead atoms. The highest BCUT2D eigenvalue weighted by Gasteiger charge is 2.20. The molecular formula is C11H10ClN3OS. The Morgan fingerprint density at radius 2 is 2.24 bits per heavy atom. The number of nitrogens with zero attached hydrogens (tertiary/aromatic N) is 1. The average Bonchev–Trinajstić information content (AvgIpc) is 2.81. The second kappa shape index (κ2) is 5.16. The molecule has 1 aromatic carbocycles. The fraction of sp³-hybridized carbons (Fsp3) is 0.0909. The fourth-order valence-corrected chi connectivity index (χ4v) is 2.16. The van der Waals surface area contributed by atoms with Crippen LogP contribution < -0.4 is 11.1 Å². The van der Waals surface area contributed by atoms with E-state index in [0.29, 0.717) is 16.4 Å². The summed E-state index contributed by atoms with van der Waals surface area (Å²) in [6.07, 6.45) is 0. The monoisotopic (exact) mass is 267 g/mol. The zero-order chi connectivity index (χ0) is 12.3. The Morgan fingerprint density at radius 3 is 2.82 bits per heavy atom. The lowest BCUT2D eigenvalue weighted by molar-refractivity contribution is -0.118. The predicted molar refractivity (Wildman–Crippen MR) is 69.1 cm³/mol. The number of primary amides is 1. The number of carbonyl (C=O) groups excluding carboxylic acids is 1. The highest BCUT2D eigenvalue weighted by atomic mass is 35.5. The maximum Gasteiger partial charge on any atom is 0.246 e. The Kier molecular flexibility index (Phi) is 3.61. The SMILES string of the molecule is NC(=O)C(Nc1ccccc1Cl)c1cscn1. The van der Waals surface area contributed by atoms with Gasteiger partial charge in [0, 0.05) is 5.38 Å². The Bertz CT molecular complexity index is 515. The van der Waals surface area contributed by atoms with Gasteiger partial charge in [-0.25, -0.2) is 4.98 Å². The number of aromatic nitrogens is 1. The van der Waals surface area contributed by atoms with E-state index in [4.69, 9.17) is 17.3 Å². The van der Waals surface area contributed by atoms with Crippen molar-refractivity contribution in [2.75, 3.05) is 5.32 Å². The Labute approximate surface area is 107 Å². The summed E-state index contributed by atoms with van der Waals surface area (Å²) < 4.78 is 0. The molecule has 0 radical (unpaired) electrons. The van der Waals surface area contributed by atoms with E-state index >= 15 is 0 Å². The highest BCUT2D eigenvalue weighted by Crippen LogP contribution is 2.25. The third-order valence-corrected chi connectivity index (χ3v) is 3.14. The minimum Gasteiger partial charge on any atom is -0.368 e. The van der Waals surface area contributed by atoms with Gasteiger partial charge in [-0.2, -0.15) is 0 Å².